The van der Waals surface area contributed by atoms with Crippen molar-refractivity contribution in [3.8, 4) is 0 Å². The summed E-state index contributed by atoms with van der Waals surface area (Å²) < 4.78 is 0. The Morgan fingerprint density at radius 1 is 1.50 bits per heavy atom. The summed E-state index contributed by atoms with van der Waals surface area (Å²) in [4.78, 5) is 6.20. The van der Waals surface area contributed by atoms with Crippen LogP contribution in [-0.4, -0.2) is 12.8 Å². The quantitative estimate of drug-likeness (QED) is 0.553. The molecule has 1 aliphatic carbocycles. The summed E-state index contributed by atoms with van der Waals surface area (Å²) in [5, 5.41) is 6.27. The summed E-state index contributed by atoms with van der Waals surface area (Å²) in [6, 6.07) is 4.20. The first-order chi connectivity index (χ1) is 6.92. The largest absolute Gasteiger partial charge is 0.399 e. The molecule has 2 nitrogen and oxygen atoms in total. The van der Waals surface area contributed by atoms with Crippen LogP contribution < -0.4 is 0 Å². The Kier molecular flexibility index (Phi) is 3.19. The van der Waals surface area contributed by atoms with Crippen LogP contribution >= 0.6 is 11.3 Å². The van der Waals surface area contributed by atoms with Crippen molar-refractivity contribution >= 4 is 17.0 Å². The standard InChI is InChI=1S/C11H15NOS/c1-13-12-11(9-5-2-3-6-9)10-7-4-8-14-10/h4,7-9H,2-3,5-6H2,1H3/b12-11+. The van der Waals surface area contributed by atoms with E-state index in [0.29, 0.717) is 5.92 Å². The second-order valence-electron chi connectivity index (χ2n) is 3.62. The molecule has 1 aromatic heterocycles. The van der Waals surface area contributed by atoms with Gasteiger partial charge in [-0.2, -0.15) is 0 Å². The van der Waals surface area contributed by atoms with Gasteiger partial charge in [-0.3, -0.25) is 0 Å². The molecule has 1 aromatic rings. The van der Waals surface area contributed by atoms with E-state index in [1.54, 1.807) is 18.4 Å². The van der Waals surface area contributed by atoms with E-state index in [0.717, 1.165) is 5.71 Å². The maximum Gasteiger partial charge on any atom is 0.106 e. The minimum absolute atomic E-state index is 0.619. The molecule has 0 bridgehead atoms. The predicted octanol–water partition coefficient (Wildman–Crippen LogP) is 3.29. The van der Waals surface area contributed by atoms with Gasteiger partial charge >= 0.3 is 0 Å². The van der Waals surface area contributed by atoms with Gasteiger partial charge in [0.25, 0.3) is 0 Å². The molecule has 0 saturated heterocycles. The molecule has 0 N–H and O–H groups in total. The average Bonchev–Trinajstić information content (AvgIpc) is 2.87. The summed E-state index contributed by atoms with van der Waals surface area (Å²) in [6.07, 6.45) is 5.19. The molecule has 2 rings (SSSR count). The highest BCUT2D eigenvalue weighted by atomic mass is 32.1. The Bertz CT molecular complexity index is 299. The molecular weight excluding hydrogens is 194 g/mol. The average molecular weight is 209 g/mol. The van der Waals surface area contributed by atoms with Gasteiger partial charge < -0.3 is 4.84 Å². The fourth-order valence-corrected chi connectivity index (χ4v) is 2.83. The maximum absolute atomic E-state index is 4.93. The zero-order valence-electron chi connectivity index (χ0n) is 8.40. The summed E-state index contributed by atoms with van der Waals surface area (Å²) in [5.74, 6) is 0.619. The molecule has 76 valence electrons. The number of nitrogens with zero attached hydrogens (tertiary/aromatic N) is 1. The summed E-state index contributed by atoms with van der Waals surface area (Å²) in [7, 11) is 1.63. The van der Waals surface area contributed by atoms with Crippen LogP contribution in [0.25, 0.3) is 0 Å². The first kappa shape index (κ1) is 9.71. The highest BCUT2D eigenvalue weighted by Crippen LogP contribution is 2.30. The van der Waals surface area contributed by atoms with Crippen LogP contribution in [0.3, 0.4) is 0 Å². The van der Waals surface area contributed by atoms with Crippen molar-refractivity contribution < 1.29 is 4.84 Å². The minimum Gasteiger partial charge on any atom is -0.399 e. The van der Waals surface area contributed by atoms with Crippen LogP contribution in [0.4, 0.5) is 0 Å². The van der Waals surface area contributed by atoms with Crippen LogP contribution in [0.1, 0.15) is 30.6 Å². The Morgan fingerprint density at radius 2 is 2.29 bits per heavy atom. The zero-order chi connectivity index (χ0) is 9.80. The van der Waals surface area contributed by atoms with Gasteiger partial charge in [0, 0.05) is 5.92 Å². The SMILES string of the molecule is CO/N=C(/c1cccs1)C1CCCC1. The van der Waals surface area contributed by atoms with E-state index in [2.05, 4.69) is 22.7 Å². The van der Waals surface area contributed by atoms with Crippen LogP contribution in [0.2, 0.25) is 0 Å². The van der Waals surface area contributed by atoms with Crippen molar-refractivity contribution in [1.29, 1.82) is 0 Å². The van der Waals surface area contributed by atoms with E-state index >= 15 is 0 Å². The van der Waals surface area contributed by atoms with Crippen LogP contribution in [-0.2, 0) is 4.84 Å². The molecule has 0 atom stereocenters. The number of hydrogen-bond donors (Lipinski definition) is 0. The first-order valence-electron chi connectivity index (χ1n) is 5.06. The molecule has 1 fully saturated rings. The summed E-state index contributed by atoms with van der Waals surface area (Å²) in [5.41, 5.74) is 1.15. The van der Waals surface area contributed by atoms with E-state index in [4.69, 9.17) is 4.84 Å². The monoisotopic (exact) mass is 209 g/mol. The molecule has 3 heteroatoms. The third-order valence-electron chi connectivity index (χ3n) is 2.71. The molecule has 0 amide bonds. The van der Waals surface area contributed by atoms with E-state index < -0.39 is 0 Å². The topological polar surface area (TPSA) is 21.6 Å². The number of thiophene rings is 1. The molecule has 0 radical (unpaired) electrons. The van der Waals surface area contributed by atoms with Crippen LogP contribution in [0.15, 0.2) is 22.7 Å². The fourth-order valence-electron chi connectivity index (χ4n) is 2.04. The Balaban J connectivity index is 2.19. The van der Waals surface area contributed by atoms with Gasteiger partial charge in [0.15, 0.2) is 0 Å². The van der Waals surface area contributed by atoms with E-state index in [1.165, 1.54) is 30.6 Å². The van der Waals surface area contributed by atoms with Crippen molar-refractivity contribution in [3.63, 3.8) is 0 Å². The van der Waals surface area contributed by atoms with E-state index in [1.807, 2.05) is 0 Å². The van der Waals surface area contributed by atoms with Crippen molar-refractivity contribution in [3.05, 3.63) is 22.4 Å². The van der Waals surface area contributed by atoms with Crippen molar-refractivity contribution in [2.45, 2.75) is 25.7 Å². The van der Waals surface area contributed by atoms with Gasteiger partial charge in [-0.15, -0.1) is 11.3 Å². The Hall–Kier alpha value is -0.830. The lowest BCUT2D eigenvalue weighted by Crippen LogP contribution is -2.11. The van der Waals surface area contributed by atoms with Gasteiger partial charge in [-0.25, -0.2) is 0 Å². The van der Waals surface area contributed by atoms with E-state index in [-0.39, 0.29) is 0 Å². The zero-order valence-corrected chi connectivity index (χ0v) is 9.22. The number of rotatable bonds is 3. The lowest BCUT2D eigenvalue weighted by atomic mass is 10.0. The lowest BCUT2D eigenvalue weighted by Gasteiger charge is -2.09. The smallest absolute Gasteiger partial charge is 0.106 e. The van der Waals surface area contributed by atoms with Crippen molar-refractivity contribution in [1.82, 2.24) is 0 Å². The fraction of sp³-hybridized carbons (Fsp3) is 0.545. The lowest BCUT2D eigenvalue weighted by molar-refractivity contribution is 0.211. The molecule has 0 spiro atoms. The van der Waals surface area contributed by atoms with Crippen molar-refractivity contribution in [2.75, 3.05) is 7.11 Å². The third-order valence-corrected chi connectivity index (χ3v) is 3.60. The normalized spacial score (nSPS) is 18.8. The molecule has 14 heavy (non-hydrogen) atoms. The maximum atomic E-state index is 4.93. The first-order valence-corrected chi connectivity index (χ1v) is 5.94. The van der Waals surface area contributed by atoms with E-state index in [9.17, 15) is 0 Å². The van der Waals surface area contributed by atoms with Gasteiger partial charge in [0.05, 0.1) is 10.6 Å². The molecule has 0 aromatic carbocycles. The molecule has 0 unspecified atom stereocenters. The van der Waals surface area contributed by atoms with Gasteiger partial charge in [0.1, 0.15) is 7.11 Å². The van der Waals surface area contributed by atoms with Crippen molar-refractivity contribution in [2.24, 2.45) is 11.1 Å². The van der Waals surface area contributed by atoms with Gasteiger partial charge in [-0.05, 0) is 24.3 Å². The molecule has 0 aliphatic heterocycles. The molecule has 1 saturated carbocycles. The van der Waals surface area contributed by atoms with Crippen LogP contribution in [0, 0.1) is 5.92 Å². The highest BCUT2D eigenvalue weighted by molar-refractivity contribution is 7.12. The molecular formula is C11H15NOS. The predicted molar refractivity (Wildman–Crippen MR) is 59.8 cm³/mol. The summed E-state index contributed by atoms with van der Waals surface area (Å²) >= 11 is 1.75. The Morgan fingerprint density at radius 3 is 2.86 bits per heavy atom. The molecule has 1 aliphatic rings. The second-order valence-corrected chi connectivity index (χ2v) is 4.57. The van der Waals surface area contributed by atoms with Gasteiger partial charge in [0.2, 0.25) is 0 Å². The highest BCUT2D eigenvalue weighted by Gasteiger charge is 2.23. The molecule has 1 heterocycles. The van der Waals surface area contributed by atoms with Crippen LogP contribution in [0.5, 0.6) is 0 Å². The Labute approximate surface area is 88.6 Å². The second kappa shape index (κ2) is 4.60. The number of oxime groups is 1. The minimum atomic E-state index is 0.619. The number of hydrogen-bond acceptors (Lipinski definition) is 3. The third kappa shape index (κ3) is 1.98. The van der Waals surface area contributed by atoms with Gasteiger partial charge in [-0.1, -0.05) is 24.1 Å². The summed E-state index contributed by atoms with van der Waals surface area (Å²) in [6.45, 7) is 0.